The Balaban J connectivity index is 1.69. The molecular weight excluding hydrogens is 584 g/mol. The smallest absolute Gasteiger partial charge is 0.293 e. The highest BCUT2D eigenvalue weighted by molar-refractivity contribution is 9.10. The number of halogens is 1. The summed E-state index contributed by atoms with van der Waals surface area (Å²) in [6.45, 7) is 1.37. The number of nitro groups is 1. The lowest BCUT2D eigenvalue weighted by Gasteiger charge is -2.13. The zero-order chi connectivity index (χ0) is 27.7. The summed E-state index contributed by atoms with van der Waals surface area (Å²) in [6, 6.07) is 25.0. The third-order valence-electron chi connectivity index (χ3n) is 5.98. The van der Waals surface area contributed by atoms with E-state index in [1.54, 1.807) is 66.9 Å². The Kier molecular flexibility index (Phi) is 6.94. The standard InChI is InChI=1S/C28H21BrN4O5S/c1-18(34)30-21-13-19(14-22(16-21)31-26-12-11-20(29)15-28(26)33(35)36)25-17-32(27-10-6-5-9-24(25)27)39(37,38)23-7-3-2-4-8-23/h2-17,31H,1H3,(H,30,34). The quantitative estimate of drug-likeness (QED) is 0.153. The molecule has 5 aromatic rings. The number of aromatic nitrogens is 1. The van der Waals surface area contributed by atoms with Crippen LogP contribution < -0.4 is 10.6 Å². The summed E-state index contributed by atoms with van der Waals surface area (Å²) in [5.41, 5.74) is 2.70. The Labute approximate surface area is 232 Å². The fraction of sp³-hybridized carbons (Fsp3) is 0.0357. The molecule has 0 aliphatic carbocycles. The van der Waals surface area contributed by atoms with Crippen molar-refractivity contribution in [2.24, 2.45) is 0 Å². The number of para-hydroxylation sites is 1. The van der Waals surface area contributed by atoms with Crippen LogP contribution in [0.5, 0.6) is 0 Å². The maximum atomic E-state index is 13.6. The van der Waals surface area contributed by atoms with Crippen LogP contribution in [0.3, 0.4) is 0 Å². The first kappa shape index (κ1) is 26.1. The van der Waals surface area contributed by atoms with Gasteiger partial charge in [-0.25, -0.2) is 12.4 Å². The fourth-order valence-corrected chi connectivity index (χ4v) is 6.07. The third-order valence-corrected chi connectivity index (χ3v) is 8.16. The average molecular weight is 605 g/mol. The van der Waals surface area contributed by atoms with Crippen molar-refractivity contribution in [2.45, 2.75) is 11.8 Å². The Morgan fingerprint density at radius 1 is 0.923 bits per heavy atom. The minimum absolute atomic E-state index is 0.138. The summed E-state index contributed by atoms with van der Waals surface area (Å²) in [5, 5.41) is 18.2. The van der Waals surface area contributed by atoms with E-state index in [0.29, 0.717) is 37.9 Å². The molecule has 2 N–H and O–H groups in total. The van der Waals surface area contributed by atoms with E-state index in [1.807, 2.05) is 12.1 Å². The summed E-state index contributed by atoms with van der Waals surface area (Å²) in [5.74, 6) is -0.304. The second-order valence-electron chi connectivity index (χ2n) is 8.70. The van der Waals surface area contributed by atoms with Crippen molar-refractivity contribution in [3.05, 3.63) is 112 Å². The number of amides is 1. The number of carbonyl (C=O) groups is 1. The van der Waals surface area contributed by atoms with E-state index in [9.17, 15) is 23.3 Å². The fourth-order valence-electron chi connectivity index (χ4n) is 4.33. The van der Waals surface area contributed by atoms with Crippen molar-refractivity contribution in [2.75, 3.05) is 10.6 Å². The van der Waals surface area contributed by atoms with Crippen LogP contribution in [-0.4, -0.2) is 23.2 Å². The molecule has 0 spiro atoms. The largest absolute Gasteiger partial charge is 0.350 e. The Morgan fingerprint density at radius 3 is 2.33 bits per heavy atom. The van der Waals surface area contributed by atoms with Gasteiger partial charge in [-0.05, 0) is 54.1 Å². The van der Waals surface area contributed by atoms with Crippen LogP contribution in [0.2, 0.25) is 0 Å². The summed E-state index contributed by atoms with van der Waals surface area (Å²) >= 11 is 3.26. The van der Waals surface area contributed by atoms with E-state index >= 15 is 0 Å². The Morgan fingerprint density at radius 2 is 1.62 bits per heavy atom. The van der Waals surface area contributed by atoms with Gasteiger partial charge in [0, 0.05) is 46.0 Å². The van der Waals surface area contributed by atoms with E-state index in [-0.39, 0.29) is 22.2 Å². The molecule has 0 bridgehead atoms. The minimum atomic E-state index is -3.91. The molecule has 0 saturated carbocycles. The first-order valence-corrected chi connectivity index (χ1v) is 13.9. The zero-order valence-corrected chi connectivity index (χ0v) is 22.9. The normalized spacial score (nSPS) is 11.3. The van der Waals surface area contributed by atoms with Crippen LogP contribution in [0.15, 0.2) is 107 Å². The molecule has 9 nitrogen and oxygen atoms in total. The van der Waals surface area contributed by atoms with Crippen LogP contribution in [0, 0.1) is 10.1 Å². The molecule has 0 atom stereocenters. The van der Waals surface area contributed by atoms with E-state index < -0.39 is 14.9 Å². The number of nitro benzene ring substituents is 1. The summed E-state index contributed by atoms with van der Waals surface area (Å²) in [7, 11) is -3.91. The molecule has 196 valence electrons. The van der Waals surface area contributed by atoms with Gasteiger partial charge in [0.05, 0.1) is 15.3 Å². The number of nitrogens with one attached hydrogen (secondary N) is 2. The lowest BCUT2D eigenvalue weighted by atomic mass is 10.0. The molecule has 5 rings (SSSR count). The van der Waals surface area contributed by atoms with Gasteiger partial charge in [0.2, 0.25) is 5.91 Å². The Hall–Kier alpha value is -4.48. The van der Waals surface area contributed by atoms with Crippen molar-refractivity contribution >= 4 is 65.5 Å². The number of rotatable bonds is 7. The molecule has 39 heavy (non-hydrogen) atoms. The number of benzene rings is 4. The summed E-state index contributed by atoms with van der Waals surface area (Å²) < 4.78 is 28.9. The van der Waals surface area contributed by atoms with Gasteiger partial charge in [-0.1, -0.05) is 52.3 Å². The number of anilines is 3. The van der Waals surface area contributed by atoms with Gasteiger partial charge in [-0.15, -0.1) is 0 Å². The van der Waals surface area contributed by atoms with Crippen molar-refractivity contribution in [3.8, 4) is 11.1 Å². The van der Waals surface area contributed by atoms with Crippen molar-refractivity contribution in [1.29, 1.82) is 0 Å². The molecule has 0 unspecified atom stereocenters. The molecule has 0 aliphatic heterocycles. The van der Waals surface area contributed by atoms with Gasteiger partial charge in [-0.3, -0.25) is 14.9 Å². The predicted octanol–water partition coefficient (Wildman–Crippen LogP) is 6.92. The Bertz CT molecular complexity index is 1850. The molecule has 1 heterocycles. The summed E-state index contributed by atoms with van der Waals surface area (Å²) in [4.78, 5) is 23.2. The van der Waals surface area contributed by atoms with E-state index in [1.165, 1.54) is 29.1 Å². The molecule has 1 amide bonds. The maximum Gasteiger partial charge on any atom is 0.293 e. The number of hydrogen-bond acceptors (Lipinski definition) is 6. The molecular formula is C28H21BrN4O5S. The molecule has 0 aliphatic rings. The van der Waals surface area contributed by atoms with Crippen molar-refractivity contribution in [3.63, 3.8) is 0 Å². The number of fused-ring (bicyclic) bond motifs is 1. The van der Waals surface area contributed by atoms with Gasteiger partial charge >= 0.3 is 0 Å². The first-order chi connectivity index (χ1) is 18.6. The third kappa shape index (κ3) is 5.27. The van der Waals surface area contributed by atoms with E-state index in [0.717, 1.165) is 0 Å². The van der Waals surface area contributed by atoms with Crippen LogP contribution in [0.25, 0.3) is 22.0 Å². The van der Waals surface area contributed by atoms with Gasteiger partial charge < -0.3 is 10.6 Å². The second kappa shape index (κ2) is 10.4. The van der Waals surface area contributed by atoms with Gasteiger partial charge in [0.25, 0.3) is 15.7 Å². The number of nitrogens with zero attached hydrogens (tertiary/aromatic N) is 2. The summed E-state index contributed by atoms with van der Waals surface area (Å²) in [6.07, 6.45) is 1.55. The SMILES string of the molecule is CC(=O)Nc1cc(Nc2ccc(Br)cc2[N+](=O)[O-])cc(-c2cn(S(=O)(=O)c3ccccc3)c3ccccc23)c1. The van der Waals surface area contributed by atoms with E-state index in [2.05, 4.69) is 26.6 Å². The lowest BCUT2D eigenvalue weighted by molar-refractivity contribution is -0.384. The van der Waals surface area contributed by atoms with Gasteiger partial charge in [0.1, 0.15) is 5.69 Å². The molecule has 4 aromatic carbocycles. The first-order valence-electron chi connectivity index (χ1n) is 11.7. The molecule has 0 radical (unpaired) electrons. The number of carbonyl (C=O) groups excluding carboxylic acids is 1. The van der Waals surface area contributed by atoms with Gasteiger partial charge in [-0.2, -0.15) is 0 Å². The van der Waals surface area contributed by atoms with Crippen LogP contribution in [-0.2, 0) is 14.8 Å². The second-order valence-corrected chi connectivity index (χ2v) is 11.4. The highest BCUT2D eigenvalue weighted by Gasteiger charge is 2.22. The number of hydrogen-bond donors (Lipinski definition) is 2. The molecule has 0 saturated heterocycles. The predicted molar refractivity (Wildman–Crippen MR) is 155 cm³/mol. The van der Waals surface area contributed by atoms with Crippen molar-refractivity contribution in [1.82, 2.24) is 3.97 Å². The van der Waals surface area contributed by atoms with Crippen LogP contribution >= 0.6 is 15.9 Å². The van der Waals surface area contributed by atoms with E-state index in [4.69, 9.17) is 0 Å². The van der Waals surface area contributed by atoms with Crippen molar-refractivity contribution < 1.29 is 18.1 Å². The minimum Gasteiger partial charge on any atom is -0.350 e. The maximum absolute atomic E-state index is 13.6. The topological polar surface area (TPSA) is 123 Å². The lowest BCUT2D eigenvalue weighted by Crippen LogP contribution is -2.11. The molecule has 11 heteroatoms. The molecule has 0 fully saturated rings. The highest BCUT2D eigenvalue weighted by atomic mass is 79.9. The highest BCUT2D eigenvalue weighted by Crippen LogP contribution is 2.38. The van der Waals surface area contributed by atoms with Crippen LogP contribution in [0.1, 0.15) is 6.92 Å². The molecule has 1 aromatic heterocycles. The zero-order valence-electron chi connectivity index (χ0n) is 20.5. The average Bonchev–Trinajstić information content (AvgIpc) is 3.30. The van der Waals surface area contributed by atoms with Gasteiger partial charge in [0.15, 0.2) is 0 Å². The van der Waals surface area contributed by atoms with Crippen LogP contribution in [0.4, 0.5) is 22.7 Å². The monoisotopic (exact) mass is 604 g/mol.